The molecule has 1 aromatic rings. The molecule has 82 valence electrons. The molecule has 0 bridgehead atoms. The predicted molar refractivity (Wildman–Crippen MR) is 65.4 cm³/mol. The van der Waals surface area contributed by atoms with E-state index in [0.29, 0.717) is 0 Å². The number of primary amides is 1. The average Bonchev–Trinajstić information content (AvgIpc) is 2.16. The minimum Gasteiger partial charge on any atom is -0.369 e. The fourth-order valence-electron chi connectivity index (χ4n) is 1.27. The van der Waals surface area contributed by atoms with Crippen molar-refractivity contribution in [3.63, 3.8) is 0 Å². The lowest BCUT2D eigenvalue weighted by atomic mass is 9.86. The summed E-state index contributed by atoms with van der Waals surface area (Å²) in [7, 11) is 0. The van der Waals surface area contributed by atoms with Crippen LogP contribution >= 0.6 is 15.9 Å². The summed E-state index contributed by atoms with van der Waals surface area (Å²) in [5.41, 5.74) is 6.10. The molecule has 0 aliphatic carbocycles. The highest BCUT2D eigenvalue weighted by atomic mass is 79.9. The zero-order chi connectivity index (χ0) is 11.5. The van der Waals surface area contributed by atoms with Crippen LogP contribution in [0, 0.1) is 5.41 Å². The molecule has 2 nitrogen and oxygen atoms in total. The minimum absolute atomic E-state index is 0.241. The van der Waals surface area contributed by atoms with Gasteiger partial charge in [0.1, 0.15) is 0 Å². The van der Waals surface area contributed by atoms with Crippen molar-refractivity contribution in [3.8, 4) is 0 Å². The van der Waals surface area contributed by atoms with Crippen molar-refractivity contribution in [2.75, 3.05) is 0 Å². The Morgan fingerprint density at radius 3 is 2.53 bits per heavy atom. The summed E-state index contributed by atoms with van der Waals surface area (Å²) in [4.78, 5) is 11.1. The third kappa shape index (κ3) is 3.34. The maximum absolute atomic E-state index is 11.1. The third-order valence-electron chi connectivity index (χ3n) is 2.64. The maximum Gasteiger partial charge on any atom is 0.223 e. The van der Waals surface area contributed by atoms with Crippen LogP contribution in [0.1, 0.15) is 25.8 Å². The van der Waals surface area contributed by atoms with E-state index in [1.54, 1.807) is 0 Å². The summed E-state index contributed by atoms with van der Waals surface area (Å²) in [5.74, 6) is -0.241. The Kier molecular flexibility index (Phi) is 3.91. The van der Waals surface area contributed by atoms with E-state index in [1.807, 2.05) is 32.0 Å². The van der Waals surface area contributed by atoms with Gasteiger partial charge in [0.25, 0.3) is 0 Å². The van der Waals surface area contributed by atoms with Gasteiger partial charge < -0.3 is 5.73 Å². The summed E-state index contributed by atoms with van der Waals surface area (Å²) < 4.78 is 1.09. The first-order valence-corrected chi connectivity index (χ1v) is 5.76. The van der Waals surface area contributed by atoms with Crippen LogP contribution in [-0.2, 0) is 11.2 Å². The molecule has 1 aromatic carbocycles. The fraction of sp³-hybridized carbons (Fsp3) is 0.417. The fourth-order valence-corrected chi connectivity index (χ4v) is 1.75. The van der Waals surface area contributed by atoms with E-state index in [0.717, 1.165) is 17.3 Å². The van der Waals surface area contributed by atoms with Gasteiger partial charge in [0, 0.05) is 9.89 Å². The topological polar surface area (TPSA) is 43.1 Å². The van der Waals surface area contributed by atoms with Gasteiger partial charge in [-0.1, -0.05) is 48.0 Å². The summed E-state index contributed by atoms with van der Waals surface area (Å²) >= 11 is 3.48. The van der Waals surface area contributed by atoms with Crippen LogP contribution in [0.5, 0.6) is 0 Å². The van der Waals surface area contributed by atoms with E-state index in [9.17, 15) is 4.79 Å². The first-order chi connectivity index (χ1) is 6.93. The number of hydrogen-bond acceptors (Lipinski definition) is 1. The Morgan fingerprint density at radius 2 is 2.00 bits per heavy atom. The minimum atomic E-state index is -0.435. The first-order valence-electron chi connectivity index (χ1n) is 4.97. The number of rotatable bonds is 4. The number of carbonyl (C=O) groups excluding carboxylic acids is 1. The van der Waals surface area contributed by atoms with Crippen molar-refractivity contribution < 1.29 is 4.79 Å². The molecular formula is C12H16BrNO. The molecule has 1 rings (SSSR count). The lowest BCUT2D eigenvalue weighted by Gasteiger charge is -2.20. The monoisotopic (exact) mass is 269 g/mol. The van der Waals surface area contributed by atoms with Crippen LogP contribution in [0.15, 0.2) is 28.7 Å². The molecule has 0 aliphatic heterocycles. The Hall–Kier alpha value is -0.830. The van der Waals surface area contributed by atoms with Crippen molar-refractivity contribution in [2.24, 2.45) is 11.1 Å². The van der Waals surface area contributed by atoms with Gasteiger partial charge in [0.2, 0.25) is 5.91 Å². The Bertz CT molecular complexity index is 360. The highest BCUT2D eigenvalue weighted by molar-refractivity contribution is 9.10. The number of nitrogens with two attached hydrogens (primary N) is 1. The van der Waals surface area contributed by atoms with Crippen LogP contribution in [0.3, 0.4) is 0 Å². The zero-order valence-corrected chi connectivity index (χ0v) is 10.7. The molecule has 1 amide bonds. The second kappa shape index (κ2) is 4.79. The molecule has 0 aromatic heterocycles. The van der Waals surface area contributed by atoms with Crippen LogP contribution in [0.4, 0.5) is 0 Å². The number of carbonyl (C=O) groups is 1. The predicted octanol–water partition coefficient (Wildman–Crippen LogP) is 2.89. The van der Waals surface area contributed by atoms with Crippen molar-refractivity contribution in [1.82, 2.24) is 0 Å². The SMILES string of the molecule is CC(C)(CCc1ccccc1Br)C(N)=O. The average molecular weight is 270 g/mol. The van der Waals surface area contributed by atoms with Gasteiger partial charge in [-0.05, 0) is 24.5 Å². The van der Waals surface area contributed by atoms with E-state index in [-0.39, 0.29) is 5.91 Å². The second-order valence-electron chi connectivity index (χ2n) is 4.34. The summed E-state index contributed by atoms with van der Waals surface area (Å²) in [6.45, 7) is 3.76. The van der Waals surface area contributed by atoms with Crippen LogP contribution in [0.2, 0.25) is 0 Å². The molecule has 2 N–H and O–H groups in total. The highest BCUT2D eigenvalue weighted by Crippen LogP contribution is 2.25. The highest BCUT2D eigenvalue weighted by Gasteiger charge is 2.24. The molecular weight excluding hydrogens is 254 g/mol. The molecule has 15 heavy (non-hydrogen) atoms. The van der Waals surface area contributed by atoms with Gasteiger partial charge in [-0.25, -0.2) is 0 Å². The molecule has 0 aliphatic rings. The summed E-state index contributed by atoms with van der Waals surface area (Å²) in [5, 5.41) is 0. The lowest BCUT2D eigenvalue weighted by molar-refractivity contribution is -0.126. The number of benzene rings is 1. The Labute approximate surface area is 99.0 Å². The first kappa shape index (κ1) is 12.2. The number of aryl methyl sites for hydroxylation is 1. The van der Waals surface area contributed by atoms with Crippen LogP contribution < -0.4 is 5.73 Å². The van der Waals surface area contributed by atoms with Gasteiger partial charge in [0.05, 0.1) is 0 Å². The van der Waals surface area contributed by atoms with Gasteiger partial charge in [-0.15, -0.1) is 0 Å². The largest absolute Gasteiger partial charge is 0.369 e. The molecule has 0 fully saturated rings. The van der Waals surface area contributed by atoms with Gasteiger partial charge in [-0.2, -0.15) is 0 Å². The molecule has 0 heterocycles. The molecule has 0 atom stereocenters. The molecule has 0 saturated heterocycles. The maximum atomic E-state index is 11.1. The summed E-state index contributed by atoms with van der Waals surface area (Å²) in [6.07, 6.45) is 1.63. The number of hydrogen-bond donors (Lipinski definition) is 1. The number of halogens is 1. The lowest BCUT2D eigenvalue weighted by Crippen LogP contribution is -2.31. The Morgan fingerprint density at radius 1 is 1.40 bits per heavy atom. The standard InChI is InChI=1S/C12H16BrNO/c1-12(2,11(14)15)8-7-9-5-3-4-6-10(9)13/h3-6H,7-8H2,1-2H3,(H2,14,15). The van der Waals surface area contributed by atoms with E-state index in [4.69, 9.17) is 5.73 Å². The van der Waals surface area contributed by atoms with E-state index < -0.39 is 5.41 Å². The molecule has 0 saturated carbocycles. The van der Waals surface area contributed by atoms with Crippen LogP contribution in [-0.4, -0.2) is 5.91 Å². The van der Waals surface area contributed by atoms with Crippen LogP contribution in [0.25, 0.3) is 0 Å². The Balaban J connectivity index is 2.66. The van der Waals surface area contributed by atoms with Crippen molar-refractivity contribution in [3.05, 3.63) is 34.3 Å². The number of amides is 1. The molecule has 0 unspecified atom stereocenters. The molecule has 0 spiro atoms. The summed E-state index contributed by atoms with van der Waals surface area (Å²) in [6, 6.07) is 8.04. The van der Waals surface area contributed by atoms with Gasteiger partial charge in [-0.3, -0.25) is 4.79 Å². The van der Waals surface area contributed by atoms with Crippen molar-refractivity contribution >= 4 is 21.8 Å². The zero-order valence-electron chi connectivity index (χ0n) is 9.09. The quantitative estimate of drug-likeness (QED) is 0.898. The van der Waals surface area contributed by atoms with Gasteiger partial charge in [0.15, 0.2) is 0 Å². The molecule has 0 radical (unpaired) electrons. The van der Waals surface area contributed by atoms with E-state index >= 15 is 0 Å². The molecule has 3 heteroatoms. The van der Waals surface area contributed by atoms with Crippen molar-refractivity contribution in [2.45, 2.75) is 26.7 Å². The smallest absolute Gasteiger partial charge is 0.223 e. The van der Waals surface area contributed by atoms with E-state index in [1.165, 1.54) is 5.56 Å². The third-order valence-corrected chi connectivity index (χ3v) is 3.42. The van der Waals surface area contributed by atoms with Gasteiger partial charge >= 0.3 is 0 Å². The van der Waals surface area contributed by atoms with E-state index in [2.05, 4.69) is 22.0 Å². The second-order valence-corrected chi connectivity index (χ2v) is 5.19. The van der Waals surface area contributed by atoms with Crippen molar-refractivity contribution in [1.29, 1.82) is 0 Å². The normalized spacial score (nSPS) is 11.4.